The number of esters is 1. The molecule has 7 nitrogen and oxygen atoms in total. The third-order valence-corrected chi connectivity index (χ3v) is 10.9. The second-order valence-electron chi connectivity index (χ2n) is 13.5. The summed E-state index contributed by atoms with van der Waals surface area (Å²) < 4.78 is 6.16. The molecule has 0 radical (unpaired) electrons. The Balaban J connectivity index is 1.38. The average Bonchev–Trinajstić information content (AvgIpc) is 3.45. The van der Waals surface area contributed by atoms with Crippen molar-refractivity contribution in [2.24, 2.45) is 34.5 Å². The molecule has 8 atom stereocenters. The highest BCUT2D eigenvalue weighted by Crippen LogP contribution is 2.71. The van der Waals surface area contributed by atoms with Gasteiger partial charge in [0.25, 0.3) is 0 Å². The molecule has 222 valence electrons. The van der Waals surface area contributed by atoms with E-state index in [4.69, 9.17) is 4.74 Å². The maximum atomic E-state index is 14.6. The molecule has 2 aromatic rings. The minimum absolute atomic E-state index is 0.0577. The Morgan fingerprint density at radius 3 is 2.50 bits per heavy atom. The number of aliphatic hydroxyl groups excluding tert-OH is 2. The van der Waals surface area contributed by atoms with Gasteiger partial charge in [0.1, 0.15) is 6.10 Å². The van der Waals surface area contributed by atoms with E-state index in [0.29, 0.717) is 35.4 Å². The van der Waals surface area contributed by atoms with E-state index in [9.17, 15) is 24.9 Å². The fourth-order valence-electron chi connectivity index (χ4n) is 8.64. The van der Waals surface area contributed by atoms with Crippen LogP contribution in [0.2, 0.25) is 0 Å². The Morgan fingerprint density at radius 1 is 1.10 bits per heavy atom. The number of ether oxygens (including phenoxy) is 1. The molecule has 0 heterocycles. The maximum absolute atomic E-state index is 14.6. The summed E-state index contributed by atoms with van der Waals surface area (Å²) in [6.45, 7) is 9.81. The molecule has 42 heavy (non-hydrogen) atoms. The van der Waals surface area contributed by atoms with Gasteiger partial charge in [-0.25, -0.2) is 4.79 Å². The van der Waals surface area contributed by atoms with Gasteiger partial charge in [-0.15, -0.1) is 0 Å². The lowest BCUT2D eigenvalue weighted by molar-refractivity contribution is -0.190. The van der Waals surface area contributed by atoms with Crippen molar-refractivity contribution < 1.29 is 29.6 Å². The predicted octanol–water partition coefficient (Wildman–Crippen LogP) is 4.60. The van der Waals surface area contributed by atoms with Crippen LogP contribution in [-0.4, -0.2) is 51.5 Å². The van der Waals surface area contributed by atoms with Gasteiger partial charge in [-0.2, -0.15) is 0 Å². The van der Waals surface area contributed by atoms with Crippen molar-refractivity contribution in [3.63, 3.8) is 0 Å². The first kappa shape index (κ1) is 28.8. The van der Waals surface area contributed by atoms with Crippen molar-refractivity contribution in [3.05, 3.63) is 88.5 Å². The molecule has 2 fully saturated rings. The van der Waals surface area contributed by atoms with E-state index >= 15 is 0 Å². The normalized spacial score (nSPS) is 36.0. The van der Waals surface area contributed by atoms with Gasteiger partial charge >= 0.3 is 5.97 Å². The Kier molecular flexibility index (Phi) is 6.80. The van der Waals surface area contributed by atoms with Gasteiger partial charge in [-0.05, 0) is 71.8 Å². The highest BCUT2D eigenvalue weighted by molar-refractivity contribution is 5.98. The predicted molar refractivity (Wildman–Crippen MR) is 160 cm³/mol. The Morgan fingerprint density at radius 2 is 1.81 bits per heavy atom. The topological polar surface area (TPSA) is 116 Å². The molecule has 4 aliphatic rings. The number of allylic oxidation sites excluding steroid dienone is 1. The van der Waals surface area contributed by atoms with Crippen LogP contribution < -0.4 is 5.32 Å². The number of benzene rings is 2. The molecule has 2 saturated carbocycles. The van der Waals surface area contributed by atoms with Crippen molar-refractivity contribution >= 4 is 17.4 Å². The zero-order valence-electron chi connectivity index (χ0n) is 24.9. The fraction of sp³-hybridized carbons (Fsp3) is 0.486. The number of carbonyl (C=O) groups is 2. The van der Waals surface area contributed by atoms with E-state index in [0.717, 1.165) is 5.56 Å². The van der Waals surface area contributed by atoms with Crippen molar-refractivity contribution in [1.29, 1.82) is 0 Å². The number of hydrogen-bond donors (Lipinski definition) is 4. The Bertz CT molecular complexity index is 1490. The largest absolute Gasteiger partial charge is 0.451 e. The molecule has 7 heteroatoms. The van der Waals surface area contributed by atoms with Crippen LogP contribution in [0.4, 0.5) is 5.69 Å². The number of fused-ring (bicyclic) bond motifs is 3. The first-order valence-corrected chi connectivity index (χ1v) is 14.9. The van der Waals surface area contributed by atoms with Crippen LogP contribution >= 0.6 is 0 Å². The number of anilines is 1. The van der Waals surface area contributed by atoms with Gasteiger partial charge in [-0.1, -0.05) is 75.4 Å². The molecule has 2 aromatic carbocycles. The number of aryl methyl sites for hydroxylation is 1. The van der Waals surface area contributed by atoms with Crippen LogP contribution in [-0.2, 0) is 16.1 Å². The molecular formula is C35H41NO6. The SMILES string of the molecule is CC1=C[C@]23C(=O)C(C=C(CO)[C@@H](O)[C@]2(O)[C@H]1OC(=O)c1c(C)cccc1NCc1ccccc1)[C@H]1[C@@H](C[C@H]3C)C1(C)C. The number of hydrogen-bond acceptors (Lipinski definition) is 7. The summed E-state index contributed by atoms with van der Waals surface area (Å²) >= 11 is 0. The summed E-state index contributed by atoms with van der Waals surface area (Å²) in [6.07, 6.45) is 1.25. The van der Waals surface area contributed by atoms with Gasteiger partial charge in [0.15, 0.2) is 17.5 Å². The molecule has 0 aromatic heterocycles. The van der Waals surface area contributed by atoms with Gasteiger partial charge in [-0.3, -0.25) is 4.79 Å². The number of ketones is 1. The zero-order chi connectivity index (χ0) is 30.2. The fourth-order valence-corrected chi connectivity index (χ4v) is 8.64. The standard InChI is InChI=1S/C35H41NO6/c1-19-10-9-13-26(36-17-22-11-7-6-8-12-22)27(19)32(40)42-31-20(2)16-34-21(3)14-25-28(33(25,4)5)24(30(34)39)15-23(18-37)29(38)35(31,34)41/h6-13,15-16,21,24-25,28-29,31,36-38,41H,14,17-18H2,1-5H3/t21-,24?,25-,28+,29-,31+,34+,35+/m1/s1. The first-order valence-electron chi connectivity index (χ1n) is 14.9. The summed E-state index contributed by atoms with van der Waals surface area (Å²) in [5.74, 6) is -1.37. The van der Waals surface area contributed by atoms with Gasteiger partial charge in [0.05, 0.1) is 17.6 Å². The lowest BCUT2D eigenvalue weighted by Crippen LogP contribution is -2.65. The van der Waals surface area contributed by atoms with Crippen LogP contribution in [0.3, 0.4) is 0 Å². The Labute approximate surface area is 247 Å². The highest BCUT2D eigenvalue weighted by Gasteiger charge is 2.76. The number of Topliss-reactive ketones (excluding diaryl/α,β-unsaturated/α-hetero) is 1. The summed E-state index contributed by atoms with van der Waals surface area (Å²) in [5, 5.41) is 38.2. The third kappa shape index (κ3) is 3.90. The minimum Gasteiger partial charge on any atom is -0.451 e. The van der Waals surface area contributed by atoms with Crippen molar-refractivity contribution in [3.8, 4) is 0 Å². The number of rotatable bonds is 6. The zero-order valence-corrected chi connectivity index (χ0v) is 24.9. The quantitative estimate of drug-likeness (QED) is 0.296. The lowest BCUT2D eigenvalue weighted by atomic mass is 9.59. The van der Waals surface area contributed by atoms with E-state index in [1.54, 1.807) is 19.1 Å². The number of nitrogens with one attached hydrogen (secondary N) is 1. The second-order valence-corrected chi connectivity index (χ2v) is 13.5. The molecule has 0 aliphatic heterocycles. The van der Waals surface area contributed by atoms with Crippen LogP contribution in [0.1, 0.15) is 55.6 Å². The molecule has 2 bridgehead atoms. The maximum Gasteiger partial charge on any atom is 0.341 e. The minimum atomic E-state index is -2.17. The molecule has 1 unspecified atom stereocenters. The first-order chi connectivity index (χ1) is 19.9. The van der Waals surface area contributed by atoms with E-state index in [1.807, 2.05) is 62.4 Å². The van der Waals surface area contributed by atoms with Crippen LogP contribution in [0, 0.1) is 41.4 Å². The number of carbonyl (C=O) groups excluding carboxylic acids is 2. The van der Waals surface area contributed by atoms with Gasteiger partial charge in [0, 0.05) is 18.2 Å². The van der Waals surface area contributed by atoms with Crippen molar-refractivity contribution in [2.75, 3.05) is 11.9 Å². The van der Waals surface area contributed by atoms with Crippen molar-refractivity contribution in [2.45, 2.75) is 65.4 Å². The van der Waals surface area contributed by atoms with Gasteiger partial charge in [0.2, 0.25) is 0 Å². The average molecular weight is 572 g/mol. The lowest BCUT2D eigenvalue weighted by Gasteiger charge is -2.48. The summed E-state index contributed by atoms with van der Waals surface area (Å²) in [6, 6.07) is 15.3. The van der Waals surface area contributed by atoms with Crippen molar-refractivity contribution in [1.82, 2.24) is 0 Å². The summed E-state index contributed by atoms with van der Waals surface area (Å²) in [4.78, 5) is 28.6. The van der Waals surface area contributed by atoms with E-state index in [-0.39, 0.29) is 34.5 Å². The second kappa shape index (κ2) is 9.90. The molecule has 6 rings (SSSR count). The monoisotopic (exact) mass is 571 g/mol. The molecule has 0 saturated heterocycles. The highest BCUT2D eigenvalue weighted by atomic mass is 16.6. The summed E-state index contributed by atoms with van der Waals surface area (Å²) in [7, 11) is 0. The van der Waals surface area contributed by atoms with Gasteiger partial charge < -0.3 is 25.4 Å². The van der Waals surface area contributed by atoms with Crippen LogP contribution in [0.15, 0.2) is 71.8 Å². The smallest absolute Gasteiger partial charge is 0.341 e. The van der Waals surface area contributed by atoms with Crippen LogP contribution in [0.5, 0.6) is 0 Å². The van der Waals surface area contributed by atoms with Crippen LogP contribution in [0.25, 0.3) is 0 Å². The molecule has 4 N–H and O–H groups in total. The molecular weight excluding hydrogens is 530 g/mol. The van der Waals surface area contributed by atoms with E-state index in [2.05, 4.69) is 19.2 Å². The molecule has 1 spiro atoms. The molecule has 4 aliphatic carbocycles. The number of aliphatic hydroxyl groups is 3. The summed E-state index contributed by atoms with van der Waals surface area (Å²) in [5.41, 5.74) is -0.334. The Hall–Kier alpha value is -3.26. The van der Waals surface area contributed by atoms with E-state index in [1.165, 1.54) is 0 Å². The third-order valence-electron chi connectivity index (χ3n) is 10.9. The molecule has 0 amide bonds. The van der Waals surface area contributed by atoms with E-state index < -0.39 is 41.7 Å².